The monoisotopic (exact) mass is 252 g/mol. The van der Waals surface area contributed by atoms with Gasteiger partial charge in [0, 0.05) is 0 Å². The molecule has 1 N–H and O–H groups in total. The van der Waals surface area contributed by atoms with Gasteiger partial charge >= 0.3 is 6.36 Å². The summed E-state index contributed by atoms with van der Waals surface area (Å²) in [7, 11) is 0. The zero-order chi connectivity index (χ0) is 12.3. The summed E-state index contributed by atoms with van der Waals surface area (Å²) in [5.41, 5.74) is 0.342. The maximum absolute atomic E-state index is 11.9. The molecule has 0 aliphatic rings. The van der Waals surface area contributed by atoms with Crippen molar-refractivity contribution in [3.05, 3.63) is 41.4 Å². The van der Waals surface area contributed by atoms with Crippen LogP contribution >= 0.6 is 11.6 Å². The fourth-order valence-corrected chi connectivity index (χ4v) is 1.27. The maximum atomic E-state index is 11.9. The van der Waals surface area contributed by atoms with Crippen LogP contribution in [0.15, 0.2) is 30.9 Å². The zero-order valence-electron chi connectivity index (χ0n) is 7.96. The van der Waals surface area contributed by atoms with Gasteiger partial charge in [0.1, 0.15) is 5.75 Å². The molecule has 0 radical (unpaired) electrons. The highest BCUT2D eigenvalue weighted by Gasteiger charge is 2.32. The van der Waals surface area contributed by atoms with Crippen LogP contribution in [0.5, 0.6) is 5.75 Å². The van der Waals surface area contributed by atoms with Crippen molar-refractivity contribution < 1.29 is 23.0 Å². The third-order valence-electron chi connectivity index (χ3n) is 1.75. The molecule has 0 spiro atoms. The Morgan fingerprint density at radius 2 is 2.06 bits per heavy atom. The number of alkyl halides is 3. The Balaban J connectivity index is 2.96. The molecule has 0 fully saturated rings. The minimum atomic E-state index is -4.79. The summed E-state index contributed by atoms with van der Waals surface area (Å²) in [5.74, 6) is -0.505. The summed E-state index contributed by atoms with van der Waals surface area (Å²) in [6.07, 6.45) is -4.53. The number of ether oxygens (including phenoxy) is 1. The van der Waals surface area contributed by atoms with E-state index in [4.69, 9.17) is 11.6 Å². The van der Waals surface area contributed by atoms with E-state index in [1.807, 2.05) is 0 Å². The van der Waals surface area contributed by atoms with Crippen LogP contribution in [0.25, 0.3) is 0 Å². The Hall–Kier alpha value is -1.20. The number of halogens is 4. The van der Waals surface area contributed by atoms with Gasteiger partial charge in [0.2, 0.25) is 0 Å². The van der Waals surface area contributed by atoms with Crippen molar-refractivity contribution in [3.8, 4) is 5.75 Å². The third-order valence-corrected chi connectivity index (χ3v) is 2.04. The first-order valence-electron chi connectivity index (χ1n) is 4.19. The minimum Gasteiger partial charge on any atom is -0.404 e. The highest BCUT2D eigenvalue weighted by atomic mass is 35.5. The molecule has 0 bridgehead atoms. The molecule has 0 saturated heterocycles. The van der Waals surface area contributed by atoms with Crippen LogP contribution in [0.1, 0.15) is 11.7 Å². The summed E-state index contributed by atoms with van der Waals surface area (Å²) in [5, 5.41) is 9.11. The molecule has 88 valence electrons. The molecule has 0 amide bonds. The second-order valence-corrected chi connectivity index (χ2v) is 3.33. The molecule has 0 heterocycles. The Morgan fingerprint density at radius 3 is 2.50 bits per heavy atom. The van der Waals surface area contributed by atoms with E-state index >= 15 is 0 Å². The lowest BCUT2D eigenvalue weighted by Crippen LogP contribution is -2.17. The number of hydrogen-bond acceptors (Lipinski definition) is 2. The van der Waals surface area contributed by atoms with Crippen molar-refractivity contribution >= 4 is 11.6 Å². The van der Waals surface area contributed by atoms with Crippen LogP contribution in [0.2, 0.25) is 5.02 Å². The average molecular weight is 253 g/mol. The van der Waals surface area contributed by atoms with E-state index in [0.717, 1.165) is 6.07 Å². The van der Waals surface area contributed by atoms with Gasteiger partial charge in [-0.3, -0.25) is 0 Å². The second-order valence-electron chi connectivity index (χ2n) is 2.92. The van der Waals surface area contributed by atoms with Crippen molar-refractivity contribution in [1.29, 1.82) is 0 Å². The van der Waals surface area contributed by atoms with Crippen LogP contribution in [-0.2, 0) is 0 Å². The molecule has 1 atom stereocenters. The topological polar surface area (TPSA) is 29.5 Å². The first kappa shape index (κ1) is 12.9. The Kier molecular flexibility index (Phi) is 3.83. The smallest absolute Gasteiger partial charge is 0.404 e. The maximum Gasteiger partial charge on any atom is 0.573 e. The molecule has 2 nitrogen and oxygen atoms in total. The van der Waals surface area contributed by atoms with E-state index in [2.05, 4.69) is 11.3 Å². The molecule has 16 heavy (non-hydrogen) atoms. The summed E-state index contributed by atoms with van der Waals surface area (Å²) in [6.45, 7) is 3.34. The quantitative estimate of drug-likeness (QED) is 0.835. The van der Waals surface area contributed by atoms with E-state index in [-0.39, 0.29) is 5.02 Å². The number of hydrogen-bond donors (Lipinski definition) is 1. The SMILES string of the molecule is C=CC(O)c1ccc(OC(F)(F)F)c(Cl)c1. The first-order valence-corrected chi connectivity index (χ1v) is 4.57. The molecular weight excluding hydrogens is 245 g/mol. The normalized spacial score (nSPS) is 13.3. The molecule has 1 unspecified atom stereocenters. The number of aliphatic hydroxyl groups excluding tert-OH is 1. The Labute approximate surface area is 94.9 Å². The van der Waals surface area contributed by atoms with Gasteiger partial charge in [0.25, 0.3) is 0 Å². The van der Waals surface area contributed by atoms with Gasteiger partial charge in [0.15, 0.2) is 0 Å². The second kappa shape index (κ2) is 4.76. The van der Waals surface area contributed by atoms with Crippen LogP contribution in [0, 0.1) is 0 Å². The van der Waals surface area contributed by atoms with Crippen LogP contribution < -0.4 is 4.74 Å². The zero-order valence-corrected chi connectivity index (χ0v) is 8.72. The minimum absolute atomic E-state index is 0.226. The van der Waals surface area contributed by atoms with Gasteiger partial charge in [-0.1, -0.05) is 23.7 Å². The van der Waals surface area contributed by atoms with Crippen LogP contribution in [0.4, 0.5) is 13.2 Å². The van der Waals surface area contributed by atoms with E-state index in [9.17, 15) is 18.3 Å². The molecule has 1 aromatic carbocycles. The molecule has 1 aromatic rings. The Morgan fingerprint density at radius 1 is 1.44 bits per heavy atom. The van der Waals surface area contributed by atoms with Crippen molar-refractivity contribution in [2.75, 3.05) is 0 Å². The largest absolute Gasteiger partial charge is 0.573 e. The van der Waals surface area contributed by atoms with Crippen LogP contribution in [-0.4, -0.2) is 11.5 Å². The van der Waals surface area contributed by atoms with E-state index < -0.39 is 18.2 Å². The number of benzene rings is 1. The highest BCUT2D eigenvalue weighted by Crippen LogP contribution is 2.32. The van der Waals surface area contributed by atoms with Crippen molar-refractivity contribution in [3.63, 3.8) is 0 Å². The summed E-state index contributed by atoms with van der Waals surface area (Å²) >= 11 is 5.57. The number of aliphatic hydroxyl groups is 1. The number of rotatable bonds is 3. The van der Waals surface area contributed by atoms with Crippen molar-refractivity contribution in [2.45, 2.75) is 12.5 Å². The summed E-state index contributed by atoms with van der Waals surface area (Å²) in [4.78, 5) is 0. The fraction of sp³-hybridized carbons (Fsp3) is 0.200. The standard InChI is InChI=1S/C10H8ClF3O2/c1-2-8(15)6-3-4-9(7(11)5-6)16-10(12,13)14/h2-5,8,15H,1H2. The Bertz CT molecular complexity index is 390. The van der Waals surface area contributed by atoms with Gasteiger partial charge in [-0.15, -0.1) is 19.8 Å². The molecule has 0 aliphatic heterocycles. The lowest BCUT2D eigenvalue weighted by atomic mass is 10.1. The predicted octanol–water partition coefficient (Wildman–Crippen LogP) is 3.46. The summed E-state index contributed by atoms with van der Waals surface area (Å²) in [6, 6.07) is 3.51. The first-order chi connectivity index (χ1) is 7.33. The predicted molar refractivity (Wildman–Crippen MR) is 53.3 cm³/mol. The van der Waals surface area contributed by atoms with E-state index in [0.29, 0.717) is 5.56 Å². The van der Waals surface area contributed by atoms with Crippen LogP contribution in [0.3, 0.4) is 0 Å². The van der Waals surface area contributed by atoms with Gasteiger partial charge in [-0.05, 0) is 17.7 Å². The van der Waals surface area contributed by atoms with Gasteiger partial charge in [-0.25, -0.2) is 0 Å². The lowest BCUT2D eigenvalue weighted by molar-refractivity contribution is -0.274. The molecule has 6 heteroatoms. The molecule has 1 rings (SSSR count). The van der Waals surface area contributed by atoms with Gasteiger partial charge in [0.05, 0.1) is 11.1 Å². The molecule has 0 aromatic heterocycles. The van der Waals surface area contributed by atoms with E-state index in [1.54, 1.807) is 0 Å². The van der Waals surface area contributed by atoms with Crippen molar-refractivity contribution in [1.82, 2.24) is 0 Å². The van der Waals surface area contributed by atoms with Gasteiger partial charge < -0.3 is 9.84 Å². The molecule has 0 aliphatic carbocycles. The lowest BCUT2D eigenvalue weighted by Gasteiger charge is -2.12. The summed E-state index contributed by atoms with van der Waals surface area (Å²) < 4.78 is 39.4. The van der Waals surface area contributed by atoms with Crippen molar-refractivity contribution in [2.24, 2.45) is 0 Å². The molecular formula is C10H8ClF3O2. The third kappa shape index (κ3) is 3.43. The average Bonchev–Trinajstić information content (AvgIpc) is 2.18. The fourth-order valence-electron chi connectivity index (χ4n) is 1.04. The highest BCUT2D eigenvalue weighted by molar-refractivity contribution is 6.32. The van der Waals surface area contributed by atoms with E-state index in [1.165, 1.54) is 18.2 Å². The molecule has 0 saturated carbocycles. The van der Waals surface area contributed by atoms with Gasteiger partial charge in [-0.2, -0.15) is 0 Å².